The lowest BCUT2D eigenvalue weighted by Gasteiger charge is -2.50. The largest absolute Gasteiger partial charge is 0.367 e. The number of halogens is 1. The molecule has 25 heavy (non-hydrogen) atoms. The SMILES string of the molecule is CC(C)N1C(=O)NC(=O)[C@]2(Cc3c(Cl)cccc3N3CCC[C@@H]32)C1=O. The van der Waals surface area contributed by atoms with Crippen LogP contribution in [0.5, 0.6) is 0 Å². The number of imide groups is 2. The van der Waals surface area contributed by atoms with E-state index >= 15 is 0 Å². The summed E-state index contributed by atoms with van der Waals surface area (Å²) in [7, 11) is 0. The molecule has 0 aliphatic carbocycles. The third-order valence-electron chi connectivity index (χ3n) is 5.64. The minimum atomic E-state index is -1.30. The molecule has 132 valence electrons. The molecule has 0 unspecified atom stereocenters. The van der Waals surface area contributed by atoms with Gasteiger partial charge in [-0.2, -0.15) is 0 Å². The quantitative estimate of drug-likeness (QED) is 0.779. The van der Waals surface area contributed by atoms with Crippen LogP contribution in [-0.4, -0.2) is 41.4 Å². The number of nitrogens with one attached hydrogen (secondary N) is 1. The van der Waals surface area contributed by atoms with E-state index in [1.807, 2.05) is 12.1 Å². The summed E-state index contributed by atoms with van der Waals surface area (Å²) in [4.78, 5) is 41.9. The number of hydrogen-bond acceptors (Lipinski definition) is 4. The van der Waals surface area contributed by atoms with Gasteiger partial charge in [-0.3, -0.25) is 19.8 Å². The molecule has 1 spiro atoms. The van der Waals surface area contributed by atoms with E-state index in [1.165, 1.54) is 4.90 Å². The van der Waals surface area contributed by atoms with Crippen molar-refractivity contribution >= 4 is 35.1 Å². The smallest absolute Gasteiger partial charge is 0.331 e. The topological polar surface area (TPSA) is 69.7 Å². The maximum atomic E-state index is 13.4. The predicted molar refractivity (Wildman–Crippen MR) is 93.5 cm³/mol. The number of carbonyl (C=O) groups excluding carboxylic acids is 3. The highest BCUT2D eigenvalue weighted by Gasteiger charge is 2.63. The molecule has 2 saturated heterocycles. The lowest BCUT2D eigenvalue weighted by Crippen LogP contribution is -2.72. The number of benzene rings is 1. The van der Waals surface area contributed by atoms with Gasteiger partial charge in [-0.25, -0.2) is 4.79 Å². The minimum Gasteiger partial charge on any atom is -0.367 e. The Kier molecular flexibility index (Phi) is 3.58. The van der Waals surface area contributed by atoms with E-state index in [0.717, 1.165) is 30.6 Å². The first-order chi connectivity index (χ1) is 11.9. The van der Waals surface area contributed by atoms with Gasteiger partial charge in [-0.1, -0.05) is 17.7 Å². The fourth-order valence-electron chi connectivity index (χ4n) is 4.55. The zero-order valence-corrected chi connectivity index (χ0v) is 15.0. The van der Waals surface area contributed by atoms with Crippen LogP contribution in [0.2, 0.25) is 5.02 Å². The molecule has 7 heteroatoms. The van der Waals surface area contributed by atoms with Crippen LogP contribution in [0, 0.1) is 5.41 Å². The van der Waals surface area contributed by atoms with E-state index in [9.17, 15) is 14.4 Å². The van der Waals surface area contributed by atoms with E-state index < -0.39 is 23.3 Å². The van der Waals surface area contributed by atoms with Crippen molar-refractivity contribution in [2.75, 3.05) is 11.4 Å². The third kappa shape index (κ3) is 2.06. The highest BCUT2D eigenvalue weighted by molar-refractivity contribution is 6.32. The minimum absolute atomic E-state index is 0.227. The molecule has 2 fully saturated rings. The fourth-order valence-corrected chi connectivity index (χ4v) is 4.78. The number of carbonyl (C=O) groups is 3. The van der Waals surface area contributed by atoms with Crippen LogP contribution in [0.1, 0.15) is 32.3 Å². The lowest BCUT2D eigenvalue weighted by atomic mass is 9.68. The number of rotatable bonds is 1. The molecule has 1 N–H and O–H groups in total. The molecule has 6 nitrogen and oxygen atoms in total. The van der Waals surface area contributed by atoms with Gasteiger partial charge in [-0.15, -0.1) is 0 Å². The van der Waals surface area contributed by atoms with Crippen molar-refractivity contribution in [1.29, 1.82) is 0 Å². The molecule has 3 aliphatic heterocycles. The normalized spacial score (nSPS) is 28.5. The van der Waals surface area contributed by atoms with Gasteiger partial charge in [0.15, 0.2) is 5.41 Å². The van der Waals surface area contributed by atoms with E-state index in [1.54, 1.807) is 19.9 Å². The fraction of sp³-hybridized carbons (Fsp3) is 0.500. The summed E-state index contributed by atoms with van der Waals surface area (Å²) >= 11 is 6.41. The Morgan fingerprint density at radius 3 is 2.76 bits per heavy atom. The molecule has 4 rings (SSSR count). The Labute approximate surface area is 151 Å². The molecule has 2 atom stereocenters. The molecule has 0 aromatic heterocycles. The third-order valence-corrected chi connectivity index (χ3v) is 6.00. The summed E-state index contributed by atoms with van der Waals surface area (Å²) in [5.41, 5.74) is 0.505. The molecular weight excluding hydrogens is 342 g/mol. The summed E-state index contributed by atoms with van der Waals surface area (Å²) in [6, 6.07) is 4.45. The first kappa shape index (κ1) is 16.4. The first-order valence-electron chi connectivity index (χ1n) is 8.61. The van der Waals surface area contributed by atoms with Crippen molar-refractivity contribution in [3.05, 3.63) is 28.8 Å². The number of fused-ring (bicyclic) bond motifs is 4. The standard InChI is InChI=1S/C18H20ClN3O3/c1-10(2)22-16(24)18(15(23)20-17(22)25)9-11-12(19)5-3-6-13(11)21-8-4-7-14(18)21/h3,5-6,10,14H,4,7-9H2,1-2H3,(H,20,23,25)/t14-,18-/m1/s1. The monoisotopic (exact) mass is 361 g/mol. The summed E-state index contributed by atoms with van der Waals surface area (Å²) in [6.07, 6.45) is 1.87. The number of urea groups is 1. The highest BCUT2D eigenvalue weighted by Crippen LogP contribution is 2.49. The zero-order valence-electron chi connectivity index (χ0n) is 14.2. The van der Waals surface area contributed by atoms with Crippen LogP contribution in [0.15, 0.2) is 18.2 Å². The van der Waals surface area contributed by atoms with Crippen LogP contribution in [0.3, 0.4) is 0 Å². The van der Waals surface area contributed by atoms with E-state index in [-0.39, 0.29) is 18.5 Å². The van der Waals surface area contributed by atoms with Crippen LogP contribution in [0.4, 0.5) is 10.5 Å². The van der Waals surface area contributed by atoms with Gasteiger partial charge >= 0.3 is 6.03 Å². The van der Waals surface area contributed by atoms with Crippen molar-refractivity contribution in [2.45, 2.75) is 45.2 Å². The molecule has 1 aromatic carbocycles. The second-order valence-electron chi connectivity index (χ2n) is 7.27. The number of nitrogens with zero attached hydrogens (tertiary/aromatic N) is 2. The number of anilines is 1. The van der Waals surface area contributed by atoms with Gasteiger partial charge in [0, 0.05) is 29.7 Å². The summed E-state index contributed by atoms with van der Waals surface area (Å²) in [6.45, 7) is 4.32. The zero-order chi connectivity index (χ0) is 17.9. The average molecular weight is 362 g/mol. The molecule has 0 bridgehead atoms. The molecule has 3 heterocycles. The van der Waals surface area contributed by atoms with Crippen molar-refractivity contribution in [3.8, 4) is 0 Å². The van der Waals surface area contributed by atoms with Gasteiger partial charge in [0.25, 0.3) is 0 Å². The van der Waals surface area contributed by atoms with Crippen LogP contribution >= 0.6 is 11.6 Å². The van der Waals surface area contributed by atoms with E-state index in [0.29, 0.717) is 5.02 Å². The van der Waals surface area contributed by atoms with E-state index in [2.05, 4.69) is 10.2 Å². The van der Waals surface area contributed by atoms with Crippen LogP contribution in [0.25, 0.3) is 0 Å². The van der Waals surface area contributed by atoms with Crippen molar-refractivity contribution < 1.29 is 14.4 Å². The molecule has 3 aliphatic rings. The Hall–Kier alpha value is -2.08. The lowest BCUT2D eigenvalue weighted by molar-refractivity contribution is -0.154. The van der Waals surface area contributed by atoms with Crippen LogP contribution in [-0.2, 0) is 16.0 Å². The van der Waals surface area contributed by atoms with Gasteiger partial charge < -0.3 is 4.90 Å². The Morgan fingerprint density at radius 2 is 2.04 bits per heavy atom. The molecule has 0 radical (unpaired) electrons. The van der Waals surface area contributed by atoms with Gasteiger partial charge in [0.1, 0.15) is 0 Å². The highest BCUT2D eigenvalue weighted by atomic mass is 35.5. The molecule has 4 amide bonds. The predicted octanol–water partition coefficient (Wildman–Crippen LogP) is 2.34. The number of barbiturate groups is 1. The summed E-state index contributed by atoms with van der Waals surface area (Å²) in [5.74, 6) is -0.902. The van der Waals surface area contributed by atoms with Gasteiger partial charge in [0.05, 0.1) is 6.04 Å². The van der Waals surface area contributed by atoms with Crippen molar-refractivity contribution in [3.63, 3.8) is 0 Å². The summed E-state index contributed by atoms with van der Waals surface area (Å²) < 4.78 is 0. The molecule has 1 aromatic rings. The van der Waals surface area contributed by atoms with Gasteiger partial charge in [-0.05, 0) is 44.4 Å². The number of hydrogen-bond donors (Lipinski definition) is 1. The molecular formula is C18H20ClN3O3. The van der Waals surface area contributed by atoms with Gasteiger partial charge in [0.2, 0.25) is 11.8 Å². The van der Waals surface area contributed by atoms with Crippen molar-refractivity contribution in [1.82, 2.24) is 10.2 Å². The maximum absolute atomic E-state index is 13.4. The first-order valence-corrected chi connectivity index (χ1v) is 8.99. The average Bonchev–Trinajstić information content (AvgIpc) is 3.03. The maximum Gasteiger partial charge on any atom is 0.331 e. The second-order valence-corrected chi connectivity index (χ2v) is 7.67. The van der Waals surface area contributed by atoms with Crippen molar-refractivity contribution in [2.24, 2.45) is 5.41 Å². The number of amides is 4. The Bertz CT molecular complexity index is 794. The van der Waals surface area contributed by atoms with E-state index in [4.69, 9.17) is 11.6 Å². The molecule has 0 saturated carbocycles. The van der Waals surface area contributed by atoms with Crippen LogP contribution < -0.4 is 10.2 Å². The Morgan fingerprint density at radius 1 is 1.28 bits per heavy atom. The Balaban J connectivity index is 1.91. The second kappa shape index (κ2) is 5.46. The summed E-state index contributed by atoms with van der Waals surface area (Å²) in [5, 5.41) is 2.97.